The number of carbonyl (C=O) groups excluding carboxylic acids is 1. The highest BCUT2D eigenvalue weighted by molar-refractivity contribution is 5.78. The number of carbonyl (C=O) groups is 1. The van der Waals surface area contributed by atoms with Crippen molar-refractivity contribution in [1.29, 1.82) is 0 Å². The first-order valence-corrected chi connectivity index (χ1v) is 7.65. The molecule has 0 aromatic heterocycles. The van der Waals surface area contributed by atoms with E-state index in [-0.39, 0.29) is 24.4 Å². The third-order valence-electron chi connectivity index (χ3n) is 3.77. The number of amides is 1. The molecular formula is C18H18FNO4. The topological polar surface area (TPSA) is 56.8 Å². The van der Waals surface area contributed by atoms with Crippen molar-refractivity contribution >= 4 is 5.91 Å². The molecule has 24 heavy (non-hydrogen) atoms. The van der Waals surface area contributed by atoms with E-state index in [9.17, 15) is 9.18 Å². The van der Waals surface area contributed by atoms with Crippen LogP contribution in [-0.2, 0) is 4.79 Å². The molecule has 0 spiro atoms. The molecule has 1 heterocycles. The van der Waals surface area contributed by atoms with Crippen molar-refractivity contribution in [2.24, 2.45) is 0 Å². The third-order valence-corrected chi connectivity index (χ3v) is 3.77. The first kappa shape index (κ1) is 16.1. The van der Waals surface area contributed by atoms with E-state index >= 15 is 0 Å². The van der Waals surface area contributed by atoms with Crippen molar-refractivity contribution in [2.45, 2.75) is 12.5 Å². The van der Waals surface area contributed by atoms with E-state index in [1.54, 1.807) is 24.3 Å². The van der Waals surface area contributed by atoms with Crippen molar-refractivity contribution in [1.82, 2.24) is 5.32 Å². The average molecular weight is 331 g/mol. The van der Waals surface area contributed by atoms with Gasteiger partial charge in [0.05, 0.1) is 19.8 Å². The maximum atomic E-state index is 13.5. The number of para-hydroxylation sites is 2. The molecule has 1 aliphatic rings. The van der Waals surface area contributed by atoms with Gasteiger partial charge in [-0.1, -0.05) is 12.1 Å². The van der Waals surface area contributed by atoms with Gasteiger partial charge in [-0.15, -0.1) is 0 Å². The molecule has 0 bridgehead atoms. The first-order valence-electron chi connectivity index (χ1n) is 7.65. The molecule has 1 atom stereocenters. The van der Waals surface area contributed by atoms with Crippen LogP contribution in [0.5, 0.6) is 17.2 Å². The Balaban J connectivity index is 1.63. The van der Waals surface area contributed by atoms with E-state index in [2.05, 4.69) is 5.32 Å². The van der Waals surface area contributed by atoms with E-state index in [1.165, 1.54) is 19.2 Å². The SMILES string of the molecule is COc1ccccc1OCC(=O)NC1CCOc2ccc(F)cc21. The second-order valence-electron chi connectivity index (χ2n) is 5.38. The predicted molar refractivity (Wildman–Crippen MR) is 85.9 cm³/mol. The summed E-state index contributed by atoms with van der Waals surface area (Å²) < 4.78 is 29.6. The summed E-state index contributed by atoms with van der Waals surface area (Å²) in [6, 6.07) is 11.1. The van der Waals surface area contributed by atoms with Crippen molar-refractivity contribution in [3.8, 4) is 17.2 Å². The number of hydrogen-bond acceptors (Lipinski definition) is 4. The van der Waals surface area contributed by atoms with Crippen LogP contribution in [0.3, 0.4) is 0 Å². The number of fused-ring (bicyclic) bond motifs is 1. The van der Waals surface area contributed by atoms with Gasteiger partial charge in [-0.25, -0.2) is 4.39 Å². The summed E-state index contributed by atoms with van der Waals surface area (Å²) in [7, 11) is 1.54. The summed E-state index contributed by atoms with van der Waals surface area (Å²) in [6.07, 6.45) is 0.580. The smallest absolute Gasteiger partial charge is 0.258 e. The van der Waals surface area contributed by atoms with Crippen molar-refractivity contribution in [3.63, 3.8) is 0 Å². The summed E-state index contributed by atoms with van der Waals surface area (Å²) in [5, 5.41) is 2.86. The fourth-order valence-corrected chi connectivity index (χ4v) is 2.63. The number of hydrogen-bond donors (Lipinski definition) is 1. The van der Waals surface area contributed by atoms with Gasteiger partial charge in [-0.2, -0.15) is 0 Å². The van der Waals surface area contributed by atoms with Crippen molar-refractivity contribution in [3.05, 3.63) is 53.8 Å². The minimum absolute atomic E-state index is 0.150. The van der Waals surface area contributed by atoms with Crippen LogP contribution in [0.1, 0.15) is 18.0 Å². The number of ether oxygens (including phenoxy) is 3. The standard InChI is InChI=1S/C18H18FNO4/c1-22-16-4-2-3-5-17(16)24-11-18(21)20-14-8-9-23-15-7-6-12(19)10-13(14)15/h2-7,10,14H,8-9,11H2,1H3,(H,20,21). The molecule has 0 radical (unpaired) electrons. The van der Waals surface area contributed by atoms with Gasteiger partial charge >= 0.3 is 0 Å². The molecule has 1 N–H and O–H groups in total. The molecular weight excluding hydrogens is 313 g/mol. The zero-order valence-corrected chi connectivity index (χ0v) is 13.3. The van der Waals surface area contributed by atoms with Crippen molar-refractivity contribution < 1.29 is 23.4 Å². The Morgan fingerprint density at radius 2 is 2.08 bits per heavy atom. The molecule has 0 saturated heterocycles. The normalized spacial score (nSPS) is 15.8. The van der Waals surface area contributed by atoms with E-state index in [0.29, 0.717) is 35.8 Å². The van der Waals surface area contributed by atoms with Gasteiger partial charge < -0.3 is 19.5 Å². The molecule has 3 rings (SSSR count). The van der Waals surface area contributed by atoms with E-state index < -0.39 is 0 Å². The quantitative estimate of drug-likeness (QED) is 0.915. The van der Waals surface area contributed by atoms with Crippen LogP contribution >= 0.6 is 0 Å². The Hall–Kier alpha value is -2.76. The summed E-state index contributed by atoms with van der Waals surface area (Å²) in [6.45, 7) is 0.319. The lowest BCUT2D eigenvalue weighted by Crippen LogP contribution is -2.35. The highest BCUT2D eigenvalue weighted by Gasteiger charge is 2.23. The highest BCUT2D eigenvalue weighted by atomic mass is 19.1. The maximum absolute atomic E-state index is 13.5. The largest absolute Gasteiger partial charge is 0.493 e. The third kappa shape index (κ3) is 3.59. The predicted octanol–water partition coefficient (Wildman–Crippen LogP) is 2.85. The zero-order valence-electron chi connectivity index (χ0n) is 13.3. The minimum Gasteiger partial charge on any atom is -0.493 e. The average Bonchev–Trinajstić information content (AvgIpc) is 2.60. The molecule has 0 fully saturated rings. The van der Waals surface area contributed by atoms with Crippen LogP contribution in [-0.4, -0.2) is 26.2 Å². The monoisotopic (exact) mass is 331 g/mol. The Bertz CT molecular complexity index is 735. The Kier molecular flexibility index (Phi) is 4.84. The molecule has 1 amide bonds. The van der Waals surface area contributed by atoms with E-state index in [4.69, 9.17) is 14.2 Å². The van der Waals surface area contributed by atoms with E-state index in [1.807, 2.05) is 6.07 Å². The first-order chi connectivity index (χ1) is 11.7. The minimum atomic E-state index is -0.358. The molecule has 2 aromatic carbocycles. The second kappa shape index (κ2) is 7.21. The molecule has 1 unspecified atom stereocenters. The van der Waals surface area contributed by atoms with Gasteiger partial charge in [0.15, 0.2) is 18.1 Å². The second-order valence-corrected chi connectivity index (χ2v) is 5.38. The molecule has 6 heteroatoms. The highest BCUT2D eigenvalue weighted by Crippen LogP contribution is 2.32. The van der Waals surface area contributed by atoms with Gasteiger partial charge in [0, 0.05) is 12.0 Å². The van der Waals surface area contributed by atoms with Crippen LogP contribution < -0.4 is 19.5 Å². The lowest BCUT2D eigenvalue weighted by Gasteiger charge is -2.26. The van der Waals surface area contributed by atoms with Gasteiger partial charge in [0.25, 0.3) is 5.91 Å². The summed E-state index contributed by atoms with van der Waals surface area (Å²) in [4.78, 5) is 12.2. The fraction of sp³-hybridized carbons (Fsp3) is 0.278. The Morgan fingerprint density at radius 1 is 1.29 bits per heavy atom. The molecule has 1 aliphatic heterocycles. The van der Waals surface area contributed by atoms with Gasteiger partial charge in [-0.05, 0) is 30.3 Å². The number of rotatable bonds is 5. The number of benzene rings is 2. The summed E-state index contributed by atoms with van der Waals surface area (Å²) in [5.41, 5.74) is 0.645. The van der Waals surface area contributed by atoms with Crippen LogP contribution in [0.2, 0.25) is 0 Å². The fourth-order valence-electron chi connectivity index (χ4n) is 2.63. The molecule has 5 nitrogen and oxygen atoms in total. The molecule has 0 aliphatic carbocycles. The van der Waals surface area contributed by atoms with Crippen molar-refractivity contribution in [2.75, 3.05) is 20.3 Å². The van der Waals surface area contributed by atoms with Gasteiger partial charge in [-0.3, -0.25) is 4.79 Å². The molecule has 0 saturated carbocycles. The summed E-state index contributed by atoms with van der Waals surface area (Å²) >= 11 is 0. The van der Waals surface area contributed by atoms with E-state index in [0.717, 1.165) is 0 Å². The molecule has 2 aromatic rings. The number of halogens is 1. The Labute approximate surface area is 139 Å². The van der Waals surface area contributed by atoms with Gasteiger partial charge in [0.1, 0.15) is 11.6 Å². The van der Waals surface area contributed by atoms with Crippen LogP contribution in [0.25, 0.3) is 0 Å². The Morgan fingerprint density at radius 3 is 2.88 bits per heavy atom. The zero-order chi connectivity index (χ0) is 16.9. The number of nitrogens with one attached hydrogen (secondary N) is 1. The number of methoxy groups -OCH3 is 1. The maximum Gasteiger partial charge on any atom is 0.258 e. The van der Waals surface area contributed by atoms with Crippen LogP contribution in [0.15, 0.2) is 42.5 Å². The summed E-state index contributed by atoms with van der Waals surface area (Å²) in [5.74, 6) is 1.00. The lowest BCUT2D eigenvalue weighted by atomic mass is 10.0. The van der Waals surface area contributed by atoms with Gasteiger partial charge in [0.2, 0.25) is 0 Å². The van der Waals surface area contributed by atoms with Crippen LogP contribution in [0, 0.1) is 5.82 Å². The van der Waals surface area contributed by atoms with Crippen LogP contribution in [0.4, 0.5) is 4.39 Å². The molecule has 126 valence electrons. The lowest BCUT2D eigenvalue weighted by molar-refractivity contribution is -0.124.